The zero-order valence-corrected chi connectivity index (χ0v) is 7.36. The molecule has 0 unspecified atom stereocenters. The van der Waals surface area contributed by atoms with Crippen molar-refractivity contribution < 1.29 is 18.9 Å². The van der Waals surface area contributed by atoms with E-state index >= 15 is 0 Å². The molecule has 0 amide bonds. The Bertz CT molecular complexity index is 135. The van der Waals surface area contributed by atoms with Crippen LogP contribution in [-0.4, -0.2) is 51.8 Å². The van der Waals surface area contributed by atoms with E-state index in [-0.39, 0.29) is 24.4 Å². The lowest BCUT2D eigenvalue weighted by Gasteiger charge is -2.21. The molecule has 4 heteroatoms. The Balaban J connectivity index is 1.91. The first kappa shape index (κ1) is 8.44. The molecule has 0 spiro atoms. The van der Waals surface area contributed by atoms with Crippen molar-refractivity contribution >= 4 is 0 Å². The predicted octanol–water partition coefficient (Wildman–Crippen LogP) is -0.186. The van der Waals surface area contributed by atoms with E-state index in [1.807, 2.05) is 0 Å². The SMILES string of the molecule is CO[C@H]([C@H](OC)[C@@H]1CO1)[C@H]1CO1. The molecule has 2 saturated heterocycles. The van der Waals surface area contributed by atoms with Crippen molar-refractivity contribution in [3.8, 4) is 0 Å². The van der Waals surface area contributed by atoms with Gasteiger partial charge in [-0.3, -0.25) is 0 Å². The van der Waals surface area contributed by atoms with Crippen LogP contribution >= 0.6 is 0 Å². The molecule has 0 saturated carbocycles. The molecule has 0 aromatic rings. The maximum absolute atomic E-state index is 5.30. The van der Waals surface area contributed by atoms with Gasteiger partial charge in [0.1, 0.15) is 24.4 Å². The summed E-state index contributed by atoms with van der Waals surface area (Å²) in [4.78, 5) is 0. The van der Waals surface area contributed by atoms with Crippen LogP contribution in [0.4, 0.5) is 0 Å². The van der Waals surface area contributed by atoms with E-state index in [1.54, 1.807) is 14.2 Å². The van der Waals surface area contributed by atoms with Gasteiger partial charge in [0.2, 0.25) is 0 Å². The minimum Gasteiger partial charge on any atom is -0.376 e. The van der Waals surface area contributed by atoms with E-state index in [4.69, 9.17) is 18.9 Å². The van der Waals surface area contributed by atoms with Gasteiger partial charge in [-0.05, 0) is 0 Å². The Morgan fingerprint density at radius 2 is 1.33 bits per heavy atom. The molecular formula is C8H14O4. The lowest BCUT2D eigenvalue weighted by Crippen LogP contribution is -2.38. The fourth-order valence-corrected chi connectivity index (χ4v) is 1.49. The summed E-state index contributed by atoms with van der Waals surface area (Å²) in [5, 5.41) is 0. The van der Waals surface area contributed by atoms with E-state index in [1.165, 1.54) is 0 Å². The second-order valence-corrected chi connectivity index (χ2v) is 3.14. The molecule has 12 heavy (non-hydrogen) atoms. The van der Waals surface area contributed by atoms with Gasteiger partial charge in [-0.15, -0.1) is 0 Å². The van der Waals surface area contributed by atoms with Crippen LogP contribution in [0.25, 0.3) is 0 Å². The van der Waals surface area contributed by atoms with Crippen LogP contribution in [0.5, 0.6) is 0 Å². The molecule has 0 aromatic carbocycles. The zero-order chi connectivity index (χ0) is 8.55. The van der Waals surface area contributed by atoms with Crippen molar-refractivity contribution in [1.29, 1.82) is 0 Å². The molecule has 0 aromatic heterocycles. The summed E-state index contributed by atoms with van der Waals surface area (Å²) in [6.07, 6.45) is 0.485. The number of rotatable bonds is 5. The van der Waals surface area contributed by atoms with E-state index in [0.29, 0.717) is 0 Å². The van der Waals surface area contributed by atoms with Gasteiger partial charge in [0.15, 0.2) is 0 Å². The molecule has 4 atom stereocenters. The highest BCUT2D eigenvalue weighted by molar-refractivity contribution is 4.93. The summed E-state index contributed by atoms with van der Waals surface area (Å²) in [6.45, 7) is 1.57. The van der Waals surface area contributed by atoms with E-state index in [0.717, 1.165) is 13.2 Å². The summed E-state index contributed by atoms with van der Waals surface area (Å²) < 4.78 is 20.9. The van der Waals surface area contributed by atoms with Gasteiger partial charge in [-0.1, -0.05) is 0 Å². The zero-order valence-electron chi connectivity index (χ0n) is 7.36. The van der Waals surface area contributed by atoms with Crippen LogP contribution in [-0.2, 0) is 18.9 Å². The van der Waals surface area contributed by atoms with Gasteiger partial charge in [0.25, 0.3) is 0 Å². The van der Waals surface area contributed by atoms with Crippen LogP contribution in [0.1, 0.15) is 0 Å². The molecule has 2 rings (SSSR count). The van der Waals surface area contributed by atoms with E-state index in [2.05, 4.69) is 0 Å². The molecule has 0 radical (unpaired) electrons. The second kappa shape index (κ2) is 3.30. The Morgan fingerprint density at radius 3 is 1.50 bits per heavy atom. The third-order valence-corrected chi connectivity index (χ3v) is 2.32. The van der Waals surface area contributed by atoms with Crippen molar-refractivity contribution in [2.45, 2.75) is 24.4 Å². The van der Waals surface area contributed by atoms with Crippen LogP contribution in [0.2, 0.25) is 0 Å². The summed E-state index contributed by atoms with van der Waals surface area (Å²) >= 11 is 0. The summed E-state index contributed by atoms with van der Waals surface area (Å²) in [5.74, 6) is 0. The first-order valence-corrected chi connectivity index (χ1v) is 4.15. The van der Waals surface area contributed by atoms with Crippen molar-refractivity contribution in [2.24, 2.45) is 0 Å². The van der Waals surface area contributed by atoms with Crippen molar-refractivity contribution in [3.05, 3.63) is 0 Å². The largest absolute Gasteiger partial charge is 0.376 e. The first-order valence-electron chi connectivity index (χ1n) is 4.15. The average Bonchev–Trinajstić information content (AvgIpc) is 2.85. The highest BCUT2D eigenvalue weighted by Gasteiger charge is 2.46. The fourth-order valence-electron chi connectivity index (χ4n) is 1.49. The van der Waals surface area contributed by atoms with Gasteiger partial charge in [0.05, 0.1) is 13.2 Å². The topological polar surface area (TPSA) is 43.5 Å². The Kier molecular flexibility index (Phi) is 2.32. The molecule has 0 aliphatic carbocycles. The monoisotopic (exact) mass is 174 g/mol. The third kappa shape index (κ3) is 1.61. The van der Waals surface area contributed by atoms with Crippen LogP contribution in [0.15, 0.2) is 0 Å². The Labute approximate surface area is 71.7 Å². The summed E-state index contributed by atoms with van der Waals surface area (Å²) in [5.41, 5.74) is 0. The van der Waals surface area contributed by atoms with E-state index in [9.17, 15) is 0 Å². The first-order chi connectivity index (χ1) is 5.86. The van der Waals surface area contributed by atoms with Gasteiger partial charge in [0, 0.05) is 14.2 Å². The normalized spacial score (nSPS) is 37.5. The average molecular weight is 174 g/mol. The minimum atomic E-state index is 0.0301. The number of hydrogen-bond donors (Lipinski definition) is 0. The molecule has 70 valence electrons. The summed E-state index contributed by atoms with van der Waals surface area (Å²) in [6, 6.07) is 0. The van der Waals surface area contributed by atoms with Gasteiger partial charge >= 0.3 is 0 Å². The number of ether oxygens (including phenoxy) is 4. The molecule has 4 nitrogen and oxygen atoms in total. The molecule has 2 heterocycles. The highest BCUT2D eigenvalue weighted by atomic mass is 16.6. The molecule has 0 N–H and O–H groups in total. The molecule has 2 fully saturated rings. The third-order valence-electron chi connectivity index (χ3n) is 2.32. The van der Waals surface area contributed by atoms with Gasteiger partial charge in [-0.25, -0.2) is 0 Å². The highest BCUT2D eigenvalue weighted by Crippen LogP contribution is 2.27. The molecular weight excluding hydrogens is 160 g/mol. The smallest absolute Gasteiger partial charge is 0.114 e. The maximum atomic E-state index is 5.30. The van der Waals surface area contributed by atoms with Crippen LogP contribution in [0.3, 0.4) is 0 Å². The predicted molar refractivity (Wildman–Crippen MR) is 41.1 cm³/mol. The number of epoxide rings is 2. The van der Waals surface area contributed by atoms with Crippen LogP contribution < -0.4 is 0 Å². The van der Waals surface area contributed by atoms with Gasteiger partial charge < -0.3 is 18.9 Å². The van der Waals surface area contributed by atoms with Crippen molar-refractivity contribution in [1.82, 2.24) is 0 Å². The Morgan fingerprint density at radius 1 is 1.00 bits per heavy atom. The van der Waals surface area contributed by atoms with Crippen molar-refractivity contribution in [2.75, 3.05) is 27.4 Å². The van der Waals surface area contributed by atoms with Gasteiger partial charge in [-0.2, -0.15) is 0 Å². The van der Waals surface area contributed by atoms with E-state index < -0.39 is 0 Å². The number of hydrogen-bond acceptors (Lipinski definition) is 4. The fraction of sp³-hybridized carbons (Fsp3) is 1.00. The minimum absolute atomic E-state index is 0.0301. The quantitative estimate of drug-likeness (QED) is 0.542. The molecule has 2 aliphatic rings. The molecule has 0 bridgehead atoms. The standard InChI is InChI=1S/C8H14O4/c1-9-7(5-3-11-5)8(10-2)6-4-12-6/h5-8H,3-4H2,1-2H3/t5-,6+,7+,8-. The van der Waals surface area contributed by atoms with Crippen molar-refractivity contribution in [3.63, 3.8) is 0 Å². The second-order valence-electron chi connectivity index (χ2n) is 3.14. The van der Waals surface area contributed by atoms with Crippen LogP contribution in [0, 0.1) is 0 Å². The maximum Gasteiger partial charge on any atom is 0.114 e. The molecule has 2 aliphatic heterocycles. The lowest BCUT2D eigenvalue weighted by molar-refractivity contribution is -0.0589. The Hall–Kier alpha value is -0.160. The summed E-state index contributed by atoms with van der Waals surface area (Å²) in [7, 11) is 3.36. The number of methoxy groups -OCH3 is 2. The lowest BCUT2D eigenvalue weighted by atomic mass is 10.1.